The van der Waals surface area contributed by atoms with Gasteiger partial charge in [-0.15, -0.1) is 0 Å². The average molecular weight is 247 g/mol. The first-order valence-corrected chi connectivity index (χ1v) is 4.46. The number of rotatable bonds is 3. The van der Waals surface area contributed by atoms with Crippen LogP contribution >= 0.6 is 15.9 Å². The molecule has 5 N–H and O–H groups in total. The Bertz CT molecular complexity index is 293. The van der Waals surface area contributed by atoms with E-state index in [2.05, 4.69) is 31.4 Å². The fraction of sp³-hybridized carbons (Fsp3) is 0.333. The highest BCUT2D eigenvalue weighted by Crippen LogP contribution is 2.05. The van der Waals surface area contributed by atoms with Gasteiger partial charge in [0, 0.05) is 6.20 Å². The number of halogens is 1. The van der Waals surface area contributed by atoms with Crippen molar-refractivity contribution in [2.75, 3.05) is 6.54 Å². The first kappa shape index (κ1) is 10.0. The van der Waals surface area contributed by atoms with E-state index in [9.17, 15) is 0 Å². The predicted octanol–water partition coefficient (Wildman–Crippen LogP) is -0.576. The zero-order chi connectivity index (χ0) is 9.68. The second-order valence-electron chi connectivity index (χ2n) is 2.33. The smallest absolute Gasteiger partial charge is 0.203 e. The molecule has 0 amide bonds. The van der Waals surface area contributed by atoms with Crippen LogP contribution in [-0.2, 0) is 6.54 Å². The average Bonchev–Trinajstić information content (AvgIpc) is 2.51. The van der Waals surface area contributed by atoms with E-state index in [1.807, 2.05) is 6.20 Å². The van der Waals surface area contributed by atoms with Crippen LogP contribution in [0.4, 0.5) is 0 Å². The van der Waals surface area contributed by atoms with Gasteiger partial charge in [-0.1, -0.05) is 0 Å². The molecular formula is C6H11BrN6. The third kappa shape index (κ3) is 3.43. The van der Waals surface area contributed by atoms with E-state index in [-0.39, 0.29) is 5.96 Å². The van der Waals surface area contributed by atoms with Crippen molar-refractivity contribution >= 4 is 21.9 Å². The molecule has 13 heavy (non-hydrogen) atoms. The normalized spacial score (nSPS) is 11.7. The molecule has 0 saturated heterocycles. The van der Waals surface area contributed by atoms with Gasteiger partial charge >= 0.3 is 0 Å². The maximum Gasteiger partial charge on any atom is 0.203 e. The van der Waals surface area contributed by atoms with Gasteiger partial charge < -0.3 is 5.73 Å². The van der Waals surface area contributed by atoms with Crippen molar-refractivity contribution in [3.05, 3.63) is 16.9 Å². The fourth-order valence-corrected chi connectivity index (χ4v) is 1.11. The highest BCUT2D eigenvalue weighted by Gasteiger charge is 1.93. The molecule has 6 nitrogen and oxygen atoms in total. The Labute approximate surface area is 84.1 Å². The lowest BCUT2D eigenvalue weighted by molar-refractivity contribution is 0.624. The Morgan fingerprint density at radius 1 is 1.77 bits per heavy atom. The van der Waals surface area contributed by atoms with Crippen molar-refractivity contribution in [1.29, 1.82) is 0 Å². The highest BCUT2D eigenvalue weighted by atomic mass is 79.9. The molecule has 0 spiro atoms. The van der Waals surface area contributed by atoms with Crippen LogP contribution in [0.1, 0.15) is 0 Å². The van der Waals surface area contributed by atoms with Crippen LogP contribution in [0.2, 0.25) is 0 Å². The number of hydrogen-bond donors (Lipinski definition) is 3. The Morgan fingerprint density at radius 2 is 2.54 bits per heavy atom. The summed E-state index contributed by atoms with van der Waals surface area (Å²) in [6, 6.07) is 0. The van der Waals surface area contributed by atoms with Crippen molar-refractivity contribution in [3.8, 4) is 0 Å². The second-order valence-corrected chi connectivity index (χ2v) is 3.25. The standard InChI is InChI=1S/C6H11BrN6/c7-5-3-11-13(4-5)2-1-10-6(8)12-9/h3-4H,1-2,9H2,(H3,8,10,12). The molecule has 1 aromatic rings. The van der Waals surface area contributed by atoms with Gasteiger partial charge in [-0.2, -0.15) is 5.10 Å². The Morgan fingerprint density at radius 3 is 3.08 bits per heavy atom. The molecular weight excluding hydrogens is 236 g/mol. The SMILES string of the molecule is NNC(N)=NCCn1cc(Br)cn1. The van der Waals surface area contributed by atoms with Crippen molar-refractivity contribution < 1.29 is 0 Å². The van der Waals surface area contributed by atoms with Crippen LogP contribution in [-0.4, -0.2) is 22.3 Å². The van der Waals surface area contributed by atoms with Crippen molar-refractivity contribution in [2.45, 2.75) is 6.54 Å². The van der Waals surface area contributed by atoms with Crippen LogP contribution in [0.5, 0.6) is 0 Å². The molecule has 1 aromatic heterocycles. The molecule has 0 atom stereocenters. The Balaban J connectivity index is 2.35. The van der Waals surface area contributed by atoms with Crippen LogP contribution in [0.3, 0.4) is 0 Å². The molecule has 0 unspecified atom stereocenters. The van der Waals surface area contributed by atoms with Gasteiger partial charge in [-0.3, -0.25) is 15.1 Å². The lowest BCUT2D eigenvalue weighted by Crippen LogP contribution is -2.37. The largest absolute Gasteiger partial charge is 0.369 e. The van der Waals surface area contributed by atoms with Gasteiger partial charge in [0.05, 0.1) is 23.8 Å². The number of aliphatic imine (C=N–C) groups is 1. The van der Waals surface area contributed by atoms with E-state index >= 15 is 0 Å². The summed E-state index contributed by atoms with van der Waals surface area (Å²) in [5.74, 6) is 5.25. The van der Waals surface area contributed by atoms with Gasteiger partial charge in [0.25, 0.3) is 0 Å². The Hall–Kier alpha value is -1.08. The topological polar surface area (TPSA) is 94.2 Å². The molecule has 72 valence electrons. The summed E-state index contributed by atoms with van der Waals surface area (Å²) < 4.78 is 2.71. The highest BCUT2D eigenvalue weighted by molar-refractivity contribution is 9.10. The van der Waals surface area contributed by atoms with E-state index in [1.165, 1.54) is 0 Å². The second kappa shape index (κ2) is 4.83. The summed E-state index contributed by atoms with van der Waals surface area (Å²) in [5.41, 5.74) is 7.56. The summed E-state index contributed by atoms with van der Waals surface area (Å²) in [6.07, 6.45) is 3.58. The van der Waals surface area contributed by atoms with Crippen LogP contribution in [0.25, 0.3) is 0 Å². The number of hydrogen-bond acceptors (Lipinski definition) is 3. The van der Waals surface area contributed by atoms with Gasteiger partial charge in [0.15, 0.2) is 0 Å². The Kier molecular flexibility index (Phi) is 3.71. The van der Waals surface area contributed by atoms with E-state index in [0.717, 1.165) is 4.47 Å². The van der Waals surface area contributed by atoms with Crippen LogP contribution < -0.4 is 17.0 Å². The van der Waals surface area contributed by atoms with Crippen molar-refractivity contribution in [2.24, 2.45) is 16.6 Å². The zero-order valence-corrected chi connectivity index (χ0v) is 8.53. The maximum atomic E-state index is 5.32. The van der Waals surface area contributed by atoms with E-state index in [1.54, 1.807) is 10.9 Å². The first-order valence-electron chi connectivity index (χ1n) is 3.67. The van der Waals surface area contributed by atoms with Crippen LogP contribution in [0, 0.1) is 0 Å². The first-order chi connectivity index (χ1) is 6.22. The molecule has 0 fully saturated rings. The molecule has 1 rings (SSSR count). The molecule has 0 aliphatic carbocycles. The van der Waals surface area contributed by atoms with E-state index < -0.39 is 0 Å². The molecule has 0 radical (unpaired) electrons. The predicted molar refractivity (Wildman–Crippen MR) is 53.7 cm³/mol. The number of nitrogens with zero attached hydrogens (tertiary/aromatic N) is 3. The zero-order valence-electron chi connectivity index (χ0n) is 6.94. The van der Waals surface area contributed by atoms with Gasteiger partial charge in [-0.25, -0.2) is 5.84 Å². The number of aromatic nitrogens is 2. The maximum absolute atomic E-state index is 5.32. The van der Waals surface area contributed by atoms with Gasteiger partial charge in [0.2, 0.25) is 5.96 Å². The molecule has 0 aliphatic rings. The monoisotopic (exact) mass is 246 g/mol. The third-order valence-electron chi connectivity index (χ3n) is 1.36. The van der Waals surface area contributed by atoms with E-state index in [0.29, 0.717) is 13.1 Å². The minimum atomic E-state index is 0.228. The lowest BCUT2D eigenvalue weighted by atomic mass is 10.6. The summed E-state index contributed by atoms with van der Waals surface area (Å²) in [4.78, 5) is 3.93. The molecule has 0 bridgehead atoms. The quantitative estimate of drug-likeness (QED) is 0.288. The van der Waals surface area contributed by atoms with Gasteiger partial charge in [0.1, 0.15) is 0 Å². The molecule has 7 heteroatoms. The molecule has 0 aromatic carbocycles. The minimum Gasteiger partial charge on any atom is -0.369 e. The minimum absolute atomic E-state index is 0.228. The summed E-state index contributed by atoms with van der Waals surface area (Å²) in [6.45, 7) is 1.22. The number of nitrogens with two attached hydrogens (primary N) is 2. The number of nitrogens with one attached hydrogen (secondary N) is 1. The molecule has 1 heterocycles. The summed E-state index contributed by atoms with van der Waals surface area (Å²) >= 11 is 3.29. The van der Waals surface area contributed by atoms with Crippen LogP contribution in [0.15, 0.2) is 21.9 Å². The lowest BCUT2D eigenvalue weighted by Gasteiger charge is -1.99. The number of hydrazine groups is 1. The number of guanidine groups is 1. The summed E-state index contributed by atoms with van der Waals surface area (Å²) in [7, 11) is 0. The van der Waals surface area contributed by atoms with Gasteiger partial charge in [-0.05, 0) is 15.9 Å². The van der Waals surface area contributed by atoms with E-state index in [4.69, 9.17) is 11.6 Å². The summed E-state index contributed by atoms with van der Waals surface area (Å²) in [5, 5.41) is 4.05. The third-order valence-corrected chi connectivity index (χ3v) is 1.77. The molecule has 0 saturated carbocycles. The van der Waals surface area contributed by atoms with Crippen molar-refractivity contribution in [3.63, 3.8) is 0 Å². The fourth-order valence-electron chi connectivity index (χ4n) is 0.779. The molecule has 0 aliphatic heterocycles. The van der Waals surface area contributed by atoms with Crippen molar-refractivity contribution in [1.82, 2.24) is 15.2 Å².